The average Bonchev–Trinajstić information content (AvgIpc) is 3.18. The lowest BCUT2D eigenvalue weighted by molar-refractivity contribution is -0.133. The van der Waals surface area contributed by atoms with E-state index in [1.165, 1.54) is 17.1 Å². The van der Waals surface area contributed by atoms with Crippen molar-refractivity contribution in [1.82, 2.24) is 10.3 Å². The van der Waals surface area contributed by atoms with Crippen molar-refractivity contribution in [2.75, 3.05) is 6.54 Å². The Hall–Kier alpha value is -2.54. The molecule has 0 spiro atoms. The van der Waals surface area contributed by atoms with Gasteiger partial charge in [-0.05, 0) is 29.3 Å². The minimum atomic E-state index is -0.362. The Labute approximate surface area is 165 Å². The topological polar surface area (TPSA) is 61.8 Å². The van der Waals surface area contributed by atoms with Crippen molar-refractivity contribution in [3.8, 4) is 0 Å². The summed E-state index contributed by atoms with van der Waals surface area (Å²) in [4.78, 5) is 24.3. The molecule has 5 nitrogen and oxygen atoms in total. The van der Waals surface area contributed by atoms with Crippen molar-refractivity contribution in [2.45, 2.75) is 25.8 Å². The number of amides is 2. The zero-order chi connectivity index (χ0) is 19.2. The molecule has 0 radical (unpaired) electrons. The number of nitrogens with one attached hydrogen (secondary N) is 1. The van der Waals surface area contributed by atoms with Crippen LogP contribution in [0.25, 0.3) is 0 Å². The molecule has 2 aromatic rings. The van der Waals surface area contributed by atoms with Gasteiger partial charge in [0, 0.05) is 30.3 Å². The lowest BCUT2D eigenvalue weighted by atomic mass is 10.1. The van der Waals surface area contributed by atoms with Crippen LogP contribution in [0, 0.1) is 5.82 Å². The number of benzene rings is 2. The van der Waals surface area contributed by atoms with Gasteiger partial charge in [-0.15, -0.1) is 0 Å². The molecule has 7 heteroatoms. The Bertz CT molecular complexity index is 871. The number of rotatable bonds is 6. The maximum absolute atomic E-state index is 13.3. The molecule has 0 atom stereocenters. The molecule has 1 N–H and O–H groups in total. The van der Waals surface area contributed by atoms with Crippen LogP contribution in [-0.2, 0) is 16.1 Å². The van der Waals surface area contributed by atoms with Crippen LogP contribution in [0.1, 0.15) is 30.4 Å². The SMILES string of the molecule is O=C(CCC(=O)N1CCC(c2ccccc2)=N1)NCc1cc(F)ccc1Br. The standard InChI is InChI=1S/C20H19BrFN3O2/c21-17-7-6-16(22)12-15(17)13-23-19(26)8-9-20(27)25-11-10-18(24-25)14-4-2-1-3-5-14/h1-7,12H,8-11,13H2,(H,23,26). The van der Waals surface area contributed by atoms with E-state index in [0.29, 0.717) is 18.5 Å². The van der Waals surface area contributed by atoms with Crippen molar-refractivity contribution < 1.29 is 14.0 Å². The van der Waals surface area contributed by atoms with E-state index in [4.69, 9.17) is 0 Å². The molecule has 1 aliphatic rings. The van der Waals surface area contributed by atoms with E-state index in [1.54, 1.807) is 6.07 Å². The summed E-state index contributed by atoms with van der Waals surface area (Å²) < 4.78 is 14.0. The second-order valence-corrected chi connectivity index (χ2v) is 7.05. The van der Waals surface area contributed by atoms with Gasteiger partial charge >= 0.3 is 0 Å². The second-order valence-electron chi connectivity index (χ2n) is 6.19. The van der Waals surface area contributed by atoms with E-state index < -0.39 is 0 Å². The first kappa shape index (κ1) is 19.2. The third kappa shape index (κ3) is 5.23. The van der Waals surface area contributed by atoms with E-state index >= 15 is 0 Å². The highest BCUT2D eigenvalue weighted by atomic mass is 79.9. The third-order valence-corrected chi connectivity index (χ3v) is 5.02. The molecule has 0 unspecified atom stereocenters. The van der Waals surface area contributed by atoms with Gasteiger partial charge in [0.05, 0.1) is 12.3 Å². The Morgan fingerprint density at radius 3 is 2.70 bits per heavy atom. The first-order valence-electron chi connectivity index (χ1n) is 8.67. The van der Waals surface area contributed by atoms with Crippen LogP contribution in [-0.4, -0.2) is 29.1 Å². The predicted octanol–water partition coefficient (Wildman–Crippen LogP) is 3.62. The fourth-order valence-corrected chi connectivity index (χ4v) is 3.17. The summed E-state index contributed by atoms with van der Waals surface area (Å²) in [5, 5.41) is 8.51. The van der Waals surface area contributed by atoms with Crippen LogP contribution in [0.2, 0.25) is 0 Å². The van der Waals surface area contributed by atoms with Crippen molar-refractivity contribution >= 4 is 33.5 Å². The monoisotopic (exact) mass is 431 g/mol. The molecule has 0 fully saturated rings. The molecule has 0 aromatic heterocycles. The summed E-state index contributed by atoms with van der Waals surface area (Å²) in [7, 11) is 0. The fraction of sp³-hybridized carbons (Fsp3) is 0.250. The maximum Gasteiger partial charge on any atom is 0.243 e. The summed E-state index contributed by atoms with van der Waals surface area (Å²) >= 11 is 3.32. The third-order valence-electron chi connectivity index (χ3n) is 4.25. The molecule has 0 saturated heterocycles. The smallest absolute Gasteiger partial charge is 0.243 e. The molecule has 1 aliphatic heterocycles. The zero-order valence-electron chi connectivity index (χ0n) is 14.6. The number of hydrazone groups is 1. The van der Waals surface area contributed by atoms with Crippen LogP contribution in [0.3, 0.4) is 0 Å². The average molecular weight is 432 g/mol. The van der Waals surface area contributed by atoms with E-state index in [1.807, 2.05) is 30.3 Å². The number of hydrogen-bond donors (Lipinski definition) is 1. The molecule has 1 heterocycles. The highest BCUT2D eigenvalue weighted by Gasteiger charge is 2.21. The van der Waals surface area contributed by atoms with Crippen molar-refractivity contribution in [3.05, 3.63) is 69.9 Å². The highest BCUT2D eigenvalue weighted by molar-refractivity contribution is 9.10. The Morgan fingerprint density at radius 1 is 1.15 bits per heavy atom. The molecular formula is C20H19BrFN3O2. The van der Waals surface area contributed by atoms with Crippen LogP contribution in [0.15, 0.2) is 58.1 Å². The first-order chi connectivity index (χ1) is 13.0. The van der Waals surface area contributed by atoms with Crippen molar-refractivity contribution in [1.29, 1.82) is 0 Å². The van der Waals surface area contributed by atoms with Crippen LogP contribution < -0.4 is 5.32 Å². The highest BCUT2D eigenvalue weighted by Crippen LogP contribution is 2.18. The molecular weight excluding hydrogens is 413 g/mol. The Balaban J connectivity index is 1.47. The van der Waals surface area contributed by atoms with Gasteiger partial charge in [-0.25, -0.2) is 9.40 Å². The van der Waals surface area contributed by atoms with E-state index in [2.05, 4.69) is 26.3 Å². The summed E-state index contributed by atoms with van der Waals surface area (Å²) in [6, 6.07) is 14.0. The number of hydrogen-bond acceptors (Lipinski definition) is 3. The van der Waals surface area contributed by atoms with E-state index in [0.717, 1.165) is 15.7 Å². The van der Waals surface area contributed by atoms with Gasteiger partial charge in [0.15, 0.2) is 0 Å². The summed E-state index contributed by atoms with van der Waals surface area (Å²) in [6.45, 7) is 0.728. The Kier molecular flexibility index (Phi) is 6.34. The van der Waals surface area contributed by atoms with Crippen molar-refractivity contribution in [2.24, 2.45) is 5.10 Å². The summed E-state index contributed by atoms with van der Waals surface area (Å²) in [5.41, 5.74) is 2.53. The fourth-order valence-electron chi connectivity index (χ4n) is 2.78. The van der Waals surface area contributed by atoms with E-state index in [-0.39, 0.29) is 37.0 Å². The minimum Gasteiger partial charge on any atom is -0.352 e. The predicted molar refractivity (Wildman–Crippen MR) is 104 cm³/mol. The number of carbonyl (C=O) groups excluding carboxylic acids is 2. The van der Waals surface area contributed by atoms with Crippen LogP contribution in [0.5, 0.6) is 0 Å². The second kappa shape index (κ2) is 8.90. The molecule has 0 saturated carbocycles. The summed E-state index contributed by atoms with van der Waals surface area (Å²) in [6.07, 6.45) is 0.857. The maximum atomic E-state index is 13.3. The quantitative estimate of drug-likeness (QED) is 0.758. The van der Waals surface area contributed by atoms with Gasteiger partial charge in [0.2, 0.25) is 11.8 Å². The molecule has 2 aromatic carbocycles. The molecule has 0 aliphatic carbocycles. The van der Waals surface area contributed by atoms with Gasteiger partial charge in [-0.2, -0.15) is 5.10 Å². The van der Waals surface area contributed by atoms with E-state index in [9.17, 15) is 14.0 Å². The minimum absolute atomic E-state index is 0.0679. The van der Waals surface area contributed by atoms with Gasteiger partial charge in [-0.3, -0.25) is 9.59 Å². The largest absolute Gasteiger partial charge is 0.352 e. The zero-order valence-corrected chi connectivity index (χ0v) is 16.2. The molecule has 0 bridgehead atoms. The lowest BCUT2D eigenvalue weighted by Gasteiger charge is -2.11. The lowest BCUT2D eigenvalue weighted by Crippen LogP contribution is -2.27. The molecule has 140 valence electrons. The van der Waals surface area contributed by atoms with Gasteiger partial charge in [0.25, 0.3) is 0 Å². The summed E-state index contributed by atoms with van der Waals surface area (Å²) in [5.74, 6) is -0.798. The van der Waals surface area contributed by atoms with Gasteiger partial charge in [0.1, 0.15) is 5.82 Å². The number of halogens is 2. The number of nitrogens with zero attached hydrogens (tertiary/aromatic N) is 2. The first-order valence-corrected chi connectivity index (χ1v) is 9.46. The normalized spacial score (nSPS) is 13.4. The molecule has 3 rings (SSSR count). The molecule has 27 heavy (non-hydrogen) atoms. The van der Waals surface area contributed by atoms with Gasteiger partial charge < -0.3 is 5.32 Å². The van der Waals surface area contributed by atoms with Crippen molar-refractivity contribution in [3.63, 3.8) is 0 Å². The Morgan fingerprint density at radius 2 is 1.93 bits per heavy atom. The van der Waals surface area contributed by atoms with Gasteiger partial charge in [-0.1, -0.05) is 46.3 Å². The number of carbonyl (C=O) groups is 2. The molecule has 2 amide bonds. The van der Waals surface area contributed by atoms with Crippen LogP contribution in [0.4, 0.5) is 4.39 Å². The van der Waals surface area contributed by atoms with Crippen LogP contribution >= 0.6 is 15.9 Å².